The van der Waals surface area contributed by atoms with Crippen molar-refractivity contribution in [1.29, 1.82) is 0 Å². The molecule has 0 aromatic heterocycles. The third-order valence-corrected chi connectivity index (χ3v) is 2.14. The van der Waals surface area contributed by atoms with Crippen molar-refractivity contribution in [2.45, 2.75) is 6.92 Å². The standard InChI is InChI=1S/C13H16N2O/c1-11(15(2)3)14-13(16)10-9-12-7-5-4-6-8-12/h4-10H,1-3H3. The molecule has 0 spiro atoms. The second kappa shape index (κ2) is 5.85. The highest BCUT2D eigenvalue weighted by molar-refractivity contribution is 6.00. The Bertz CT molecular complexity index is 405. The summed E-state index contributed by atoms with van der Waals surface area (Å²) in [5, 5.41) is 0. The molecule has 0 atom stereocenters. The van der Waals surface area contributed by atoms with Crippen molar-refractivity contribution in [3.8, 4) is 0 Å². The summed E-state index contributed by atoms with van der Waals surface area (Å²) in [4.78, 5) is 17.1. The molecule has 0 N–H and O–H groups in total. The minimum Gasteiger partial charge on any atom is -0.366 e. The lowest BCUT2D eigenvalue weighted by Crippen LogP contribution is -2.19. The predicted molar refractivity (Wildman–Crippen MR) is 67.3 cm³/mol. The Kier molecular flexibility index (Phi) is 4.45. The van der Waals surface area contributed by atoms with E-state index in [9.17, 15) is 4.79 Å². The van der Waals surface area contributed by atoms with E-state index in [0.717, 1.165) is 5.56 Å². The number of hydrogen-bond donors (Lipinski definition) is 0. The summed E-state index contributed by atoms with van der Waals surface area (Å²) in [6.07, 6.45) is 3.23. The van der Waals surface area contributed by atoms with Crippen molar-refractivity contribution in [3.05, 3.63) is 42.0 Å². The Morgan fingerprint density at radius 2 is 1.88 bits per heavy atom. The predicted octanol–water partition coefficient (Wildman–Crippen LogP) is 2.21. The van der Waals surface area contributed by atoms with Crippen LogP contribution < -0.4 is 0 Å². The number of amides is 1. The molecule has 84 valence electrons. The molecule has 1 rings (SSSR count). The molecule has 3 heteroatoms. The van der Waals surface area contributed by atoms with E-state index in [-0.39, 0.29) is 5.91 Å². The van der Waals surface area contributed by atoms with Crippen LogP contribution in [0.15, 0.2) is 41.4 Å². The van der Waals surface area contributed by atoms with E-state index < -0.39 is 0 Å². The highest BCUT2D eigenvalue weighted by Gasteiger charge is 1.96. The van der Waals surface area contributed by atoms with E-state index in [4.69, 9.17) is 0 Å². The monoisotopic (exact) mass is 216 g/mol. The zero-order valence-electron chi connectivity index (χ0n) is 9.84. The van der Waals surface area contributed by atoms with Crippen molar-refractivity contribution in [3.63, 3.8) is 0 Å². The normalized spacial score (nSPS) is 11.8. The molecule has 0 unspecified atom stereocenters. The van der Waals surface area contributed by atoms with E-state index in [1.54, 1.807) is 17.9 Å². The van der Waals surface area contributed by atoms with Crippen LogP contribution in [-0.2, 0) is 4.79 Å². The Labute approximate surface area is 96.1 Å². The number of rotatable bonds is 2. The number of hydrogen-bond acceptors (Lipinski definition) is 1. The number of carbonyl (C=O) groups is 1. The van der Waals surface area contributed by atoms with Crippen molar-refractivity contribution in [2.24, 2.45) is 4.99 Å². The molecule has 0 bridgehead atoms. The third-order valence-electron chi connectivity index (χ3n) is 2.14. The molecule has 1 aromatic rings. The number of nitrogens with zero attached hydrogens (tertiary/aromatic N) is 2. The van der Waals surface area contributed by atoms with Gasteiger partial charge in [0.05, 0.1) is 0 Å². The van der Waals surface area contributed by atoms with Gasteiger partial charge in [0.1, 0.15) is 5.84 Å². The molecule has 0 aliphatic rings. The van der Waals surface area contributed by atoms with Crippen molar-refractivity contribution < 1.29 is 4.79 Å². The number of benzene rings is 1. The molecule has 0 heterocycles. The Balaban J connectivity index is 2.66. The average molecular weight is 216 g/mol. The van der Waals surface area contributed by atoms with Crippen LogP contribution >= 0.6 is 0 Å². The van der Waals surface area contributed by atoms with Gasteiger partial charge in [0.2, 0.25) is 0 Å². The lowest BCUT2D eigenvalue weighted by molar-refractivity contribution is -0.113. The maximum Gasteiger partial charge on any atom is 0.271 e. The Morgan fingerprint density at radius 3 is 2.44 bits per heavy atom. The van der Waals surface area contributed by atoms with Crippen LogP contribution in [0.25, 0.3) is 6.08 Å². The van der Waals surface area contributed by atoms with E-state index in [1.807, 2.05) is 44.4 Å². The van der Waals surface area contributed by atoms with Gasteiger partial charge in [0, 0.05) is 20.2 Å². The van der Waals surface area contributed by atoms with Gasteiger partial charge in [-0.3, -0.25) is 4.79 Å². The van der Waals surface area contributed by atoms with E-state index in [2.05, 4.69) is 4.99 Å². The minimum atomic E-state index is -0.241. The molecule has 0 aliphatic carbocycles. The molecule has 0 saturated heterocycles. The van der Waals surface area contributed by atoms with E-state index in [0.29, 0.717) is 5.84 Å². The first-order valence-electron chi connectivity index (χ1n) is 5.09. The van der Waals surface area contributed by atoms with Gasteiger partial charge in [-0.2, -0.15) is 4.99 Å². The van der Waals surface area contributed by atoms with Crippen LogP contribution in [0.4, 0.5) is 0 Å². The second-order valence-electron chi connectivity index (χ2n) is 3.64. The molecule has 1 amide bonds. The average Bonchev–Trinajstić information content (AvgIpc) is 2.27. The maximum atomic E-state index is 11.4. The van der Waals surface area contributed by atoms with Crippen LogP contribution in [0.5, 0.6) is 0 Å². The number of amidine groups is 1. The van der Waals surface area contributed by atoms with Gasteiger partial charge < -0.3 is 4.90 Å². The van der Waals surface area contributed by atoms with Crippen LogP contribution in [0.1, 0.15) is 12.5 Å². The summed E-state index contributed by atoms with van der Waals surface area (Å²) >= 11 is 0. The van der Waals surface area contributed by atoms with Crippen molar-refractivity contribution in [2.75, 3.05) is 14.1 Å². The molecule has 0 saturated carbocycles. The maximum absolute atomic E-state index is 11.4. The molecule has 3 nitrogen and oxygen atoms in total. The van der Waals surface area contributed by atoms with Gasteiger partial charge in [0.25, 0.3) is 5.91 Å². The summed E-state index contributed by atoms with van der Waals surface area (Å²) in [5.41, 5.74) is 0.994. The fourth-order valence-corrected chi connectivity index (χ4v) is 1.03. The molecular weight excluding hydrogens is 200 g/mol. The van der Waals surface area contributed by atoms with Crippen molar-refractivity contribution in [1.82, 2.24) is 4.90 Å². The fraction of sp³-hybridized carbons (Fsp3) is 0.231. The van der Waals surface area contributed by atoms with E-state index in [1.165, 1.54) is 6.08 Å². The highest BCUT2D eigenvalue weighted by Crippen LogP contribution is 2.01. The van der Waals surface area contributed by atoms with Gasteiger partial charge in [-0.15, -0.1) is 0 Å². The Hall–Kier alpha value is -1.90. The molecule has 1 aromatic carbocycles. The van der Waals surface area contributed by atoms with Gasteiger partial charge in [-0.1, -0.05) is 30.3 Å². The lowest BCUT2D eigenvalue weighted by Gasteiger charge is -2.09. The smallest absolute Gasteiger partial charge is 0.271 e. The fourth-order valence-electron chi connectivity index (χ4n) is 1.03. The summed E-state index contributed by atoms with van der Waals surface area (Å²) in [6, 6.07) is 9.67. The Morgan fingerprint density at radius 1 is 1.25 bits per heavy atom. The first kappa shape index (κ1) is 12.2. The lowest BCUT2D eigenvalue weighted by atomic mass is 10.2. The van der Waals surface area contributed by atoms with Crippen LogP contribution in [0.3, 0.4) is 0 Å². The van der Waals surface area contributed by atoms with E-state index >= 15 is 0 Å². The molecule has 0 radical (unpaired) electrons. The summed E-state index contributed by atoms with van der Waals surface area (Å²) in [6.45, 7) is 1.80. The van der Waals surface area contributed by atoms with Gasteiger partial charge in [-0.05, 0) is 18.6 Å². The minimum absolute atomic E-state index is 0.241. The summed E-state index contributed by atoms with van der Waals surface area (Å²) < 4.78 is 0. The highest BCUT2D eigenvalue weighted by atomic mass is 16.1. The number of aliphatic imine (C=N–C) groups is 1. The summed E-state index contributed by atoms with van der Waals surface area (Å²) in [7, 11) is 3.71. The SMILES string of the molecule is CC(=NC(=O)C=Cc1ccccc1)N(C)C. The molecule has 16 heavy (non-hydrogen) atoms. The van der Waals surface area contributed by atoms with Gasteiger partial charge >= 0.3 is 0 Å². The largest absolute Gasteiger partial charge is 0.366 e. The number of carbonyl (C=O) groups excluding carboxylic acids is 1. The first-order chi connectivity index (χ1) is 7.59. The molecule has 0 fully saturated rings. The quantitative estimate of drug-likeness (QED) is 0.431. The van der Waals surface area contributed by atoms with Gasteiger partial charge in [-0.25, -0.2) is 0 Å². The zero-order valence-corrected chi connectivity index (χ0v) is 9.84. The topological polar surface area (TPSA) is 32.7 Å². The van der Waals surface area contributed by atoms with Crippen molar-refractivity contribution >= 4 is 17.8 Å². The molecule has 0 aliphatic heterocycles. The first-order valence-corrected chi connectivity index (χ1v) is 5.09. The third kappa shape index (κ3) is 4.09. The van der Waals surface area contributed by atoms with Crippen LogP contribution in [0.2, 0.25) is 0 Å². The molecular formula is C13H16N2O. The zero-order chi connectivity index (χ0) is 12.0. The van der Waals surface area contributed by atoms with Crippen LogP contribution in [-0.4, -0.2) is 30.7 Å². The summed E-state index contributed by atoms with van der Waals surface area (Å²) in [5.74, 6) is 0.456. The second-order valence-corrected chi connectivity index (χ2v) is 3.64. The van der Waals surface area contributed by atoms with Crippen LogP contribution in [0, 0.1) is 0 Å². The van der Waals surface area contributed by atoms with Gasteiger partial charge in [0.15, 0.2) is 0 Å².